The summed E-state index contributed by atoms with van der Waals surface area (Å²) in [6, 6.07) is 0. The van der Waals surface area contributed by atoms with E-state index >= 15 is 0 Å². The second-order valence-corrected chi connectivity index (χ2v) is 9.41. The van der Waals surface area contributed by atoms with Gasteiger partial charge in [0.1, 0.15) is 0 Å². The summed E-state index contributed by atoms with van der Waals surface area (Å²) in [5.41, 5.74) is 3.62. The van der Waals surface area contributed by atoms with Gasteiger partial charge in [-0.3, -0.25) is 0 Å². The van der Waals surface area contributed by atoms with Crippen molar-refractivity contribution in [3.8, 4) is 0 Å². The van der Waals surface area contributed by atoms with Gasteiger partial charge in [-0.2, -0.15) is 0 Å². The molecular weight excluding hydrogens is 296 g/mol. The van der Waals surface area contributed by atoms with Crippen molar-refractivity contribution in [2.24, 2.45) is 29.1 Å². The van der Waals surface area contributed by atoms with E-state index in [1.165, 1.54) is 38.5 Å². The lowest BCUT2D eigenvalue weighted by Crippen LogP contribution is -2.48. The van der Waals surface area contributed by atoms with Gasteiger partial charge in [0.2, 0.25) is 0 Å². The first kappa shape index (κ1) is 15.6. The first-order chi connectivity index (χ1) is 11.6. The maximum Gasteiger partial charge on any atom is 0.174 e. The van der Waals surface area contributed by atoms with Gasteiger partial charge in [0.15, 0.2) is 5.79 Å². The van der Waals surface area contributed by atoms with Gasteiger partial charge in [-0.1, -0.05) is 31.6 Å². The fourth-order valence-corrected chi connectivity index (χ4v) is 6.80. The number of ether oxygens (including phenoxy) is 2. The third-order valence-corrected chi connectivity index (χ3v) is 8.20. The number of hydrogen-bond acceptors (Lipinski definition) is 2. The number of hydrogen-bond donors (Lipinski definition) is 0. The van der Waals surface area contributed by atoms with Crippen LogP contribution in [0.2, 0.25) is 0 Å². The third kappa shape index (κ3) is 2.08. The number of fused-ring (bicyclic) bond motifs is 5. The molecule has 0 amide bonds. The maximum atomic E-state index is 6.23. The highest BCUT2D eigenvalue weighted by atomic mass is 16.7. The van der Waals surface area contributed by atoms with Crippen molar-refractivity contribution < 1.29 is 9.47 Å². The molecule has 0 aromatic heterocycles. The van der Waals surface area contributed by atoms with Crippen LogP contribution in [0.1, 0.15) is 65.2 Å². The zero-order valence-corrected chi connectivity index (χ0v) is 15.4. The Balaban J connectivity index is 1.49. The van der Waals surface area contributed by atoms with Crippen LogP contribution in [0.5, 0.6) is 0 Å². The van der Waals surface area contributed by atoms with Crippen LogP contribution in [0.25, 0.3) is 0 Å². The first-order valence-corrected chi connectivity index (χ1v) is 10.3. The van der Waals surface area contributed by atoms with E-state index in [2.05, 4.69) is 26.0 Å². The quantitative estimate of drug-likeness (QED) is 0.605. The van der Waals surface area contributed by atoms with Gasteiger partial charge >= 0.3 is 0 Å². The van der Waals surface area contributed by atoms with Gasteiger partial charge in [-0.15, -0.1) is 0 Å². The van der Waals surface area contributed by atoms with E-state index in [4.69, 9.17) is 9.47 Å². The van der Waals surface area contributed by atoms with Crippen molar-refractivity contribution in [3.05, 3.63) is 23.3 Å². The number of rotatable bonds is 0. The SMILES string of the molecule is CC1CCC2CCC3C(=CCC4(C)C3CCC43OCCO3)C=C2C1. The Bertz CT molecular complexity index is 583. The number of allylic oxidation sites excluding steroid dienone is 4. The predicted molar refractivity (Wildman–Crippen MR) is 95.5 cm³/mol. The molecule has 1 saturated heterocycles. The van der Waals surface area contributed by atoms with Crippen LogP contribution >= 0.6 is 0 Å². The molecule has 1 heterocycles. The molecule has 2 saturated carbocycles. The van der Waals surface area contributed by atoms with E-state index in [0.29, 0.717) is 0 Å². The van der Waals surface area contributed by atoms with Crippen LogP contribution < -0.4 is 0 Å². The molecule has 132 valence electrons. The van der Waals surface area contributed by atoms with E-state index in [9.17, 15) is 0 Å². The summed E-state index contributed by atoms with van der Waals surface area (Å²) in [5.74, 6) is 2.96. The summed E-state index contributed by atoms with van der Waals surface area (Å²) in [6.45, 7) is 6.46. The Morgan fingerprint density at radius 1 is 1.04 bits per heavy atom. The van der Waals surface area contributed by atoms with Crippen molar-refractivity contribution in [2.75, 3.05) is 13.2 Å². The van der Waals surface area contributed by atoms with Crippen molar-refractivity contribution in [3.63, 3.8) is 0 Å². The molecule has 5 aliphatic rings. The molecule has 5 rings (SSSR count). The second kappa shape index (κ2) is 5.45. The van der Waals surface area contributed by atoms with E-state index in [1.54, 1.807) is 11.1 Å². The van der Waals surface area contributed by atoms with Crippen LogP contribution in [0.3, 0.4) is 0 Å². The molecule has 4 aliphatic carbocycles. The Labute approximate surface area is 146 Å². The zero-order chi connectivity index (χ0) is 16.4. The lowest BCUT2D eigenvalue weighted by Gasteiger charge is -2.47. The fourth-order valence-electron chi connectivity index (χ4n) is 6.80. The summed E-state index contributed by atoms with van der Waals surface area (Å²) < 4.78 is 12.5. The predicted octanol–water partition coefficient (Wildman–Crippen LogP) is 5.25. The minimum atomic E-state index is -0.277. The van der Waals surface area contributed by atoms with Crippen LogP contribution in [0.15, 0.2) is 23.3 Å². The topological polar surface area (TPSA) is 18.5 Å². The zero-order valence-electron chi connectivity index (χ0n) is 15.4. The normalized spacial score (nSPS) is 46.6. The molecular formula is C22H32O2. The smallest absolute Gasteiger partial charge is 0.174 e. The molecule has 1 aliphatic heterocycles. The third-order valence-electron chi connectivity index (χ3n) is 8.20. The minimum Gasteiger partial charge on any atom is -0.347 e. The molecule has 0 aromatic carbocycles. The molecule has 1 spiro atoms. The summed E-state index contributed by atoms with van der Waals surface area (Å²) in [6.07, 6.45) is 15.7. The Morgan fingerprint density at radius 2 is 1.83 bits per heavy atom. The fraction of sp³-hybridized carbons (Fsp3) is 0.818. The van der Waals surface area contributed by atoms with Crippen LogP contribution in [-0.2, 0) is 9.47 Å². The molecule has 3 fully saturated rings. The lowest BCUT2D eigenvalue weighted by atomic mass is 9.62. The Hall–Kier alpha value is -0.600. The van der Waals surface area contributed by atoms with Gasteiger partial charge in [0.25, 0.3) is 0 Å². The highest BCUT2D eigenvalue weighted by Gasteiger charge is 2.63. The molecule has 0 bridgehead atoms. The van der Waals surface area contributed by atoms with Gasteiger partial charge in [0.05, 0.1) is 13.2 Å². The largest absolute Gasteiger partial charge is 0.347 e. The van der Waals surface area contributed by atoms with E-state index in [-0.39, 0.29) is 11.2 Å². The summed E-state index contributed by atoms with van der Waals surface area (Å²) in [7, 11) is 0. The molecule has 2 heteroatoms. The highest BCUT2D eigenvalue weighted by Crippen LogP contribution is 2.63. The molecule has 0 radical (unpaired) electrons. The Kier molecular flexibility index (Phi) is 3.55. The van der Waals surface area contributed by atoms with Crippen LogP contribution in [-0.4, -0.2) is 19.0 Å². The standard InChI is InChI=1S/C22H32O2/c1-15-3-4-16-5-6-19-17(14-18(16)13-15)7-9-21(2)20(19)8-10-22(21)23-11-12-24-22/h7,14-16,19-20H,3-6,8-13H2,1-2H3. The van der Waals surface area contributed by atoms with Crippen molar-refractivity contribution in [1.82, 2.24) is 0 Å². The van der Waals surface area contributed by atoms with E-state index in [0.717, 1.165) is 49.7 Å². The molecule has 2 nitrogen and oxygen atoms in total. The van der Waals surface area contributed by atoms with E-state index < -0.39 is 0 Å². The summed E-state index contributed by atoms with van der Waals surface area (Å²) in [5, 5.41) is 0. The van der Waals surface area contributed by atoms with Gasteiger partial charge < -0.3 is 9.47 Å². The maximum absolute atomic E-state index is 6.23. The Morgan fingerprint density at radius 3 is 2.67 bits per heavy atom. The second-order valence-electron chi connectivity index (χ2n) is 9.41. The molecule has 5 atom stereocenters. The van der Waals surface area contributed by atoms with Gasteiger partial charge in [-0.25, -0.2) is 0 Å². The summed E-state index contributed by atoms with van der Waals surface area (Å²) >= 11 is 0. The highest BCUT2D eigenvalue weighted by molar-refractivity contribution is 5.35. The van der Waals surface area contributed by atoms with Gasteiger partial charge in [-0.05, 0) is 74.2 Å². The van der Waals surface area contributed by atoms with Gasteiger partial charge in [0, 0.05) is 11.8 Å². The minimum absolute atomic E-state index is 0.180. The van der Waals surface area contributed by atoms with Crippen molar-refractivity contribution >= 4 is 0 Å². The molecule has 0 N–H and O–H groups in total. The van der Waals surface area contributed by atoms with Crippen LogP contribution in [0.4, 0.5) is 0 Å². The van der Waals surface area contributed by atoms with Crippen molar-refractivity contribution in [1.29, 1.82) is 0 Å². The summed E-state index contributed by atoms with van der Waals surface area (Å²) in [4.78, 5) is 0. The average Bonchev–Trinajstić information content (AvgIpc) is 3.10. The molecule has 5 unspecified atom stereocenters. The lowest BCUT2D eigenvalue weighted by molar-refractivity contribution is -0.227. The van der Waals surface area contributed by atoms with E-state index in [1.807, 2.05) is 0 Å². The first-order valence-electron chi connectivity index (χ1n) is 10.3. The molecule has 0 aromatic rings. The van der Waals surface area contributed by atoms with Crippen molar-refractivity contribution in [2.45, 2.75) is 71.0 Å². The van der Waals surface area contributed by atoms with Crippen LogP contribution in [0, 0.1) is 29.1 Å². The molecule has 24 heavy (non-hydrogen) atoms. The monoisotopic (exact) mass is 328 g/mol. The average molecular weight is 328 g/mol.